The molecular formula is C14H14N2O. The van der Waals surface area contributed by atoms with Crippen molar-refractivity contribution in [2.24, 2.45) is 5.92 Å². The molecule has 0 bridgehead atoms. The van der Waals surface area contributed by atoms with E-state index in [9.17, 15) is 4.79 Å². The molecule has 1 N–H and O–H groups in total. The molecule has 1 saturated carbocycles. The lowest BCUT2D eigenvalue weighted by atomic mass is 9.85. The molecule has 0 atom stereocenters. The van der Waals surface area contributed by atoms with Gasteiger partial charge in [-0.25, -0.2) is 0 Å². The molecule has 0 unspecified atom stereocenters. The van der Waals surface area contributed by atoms with Crippen molar-refractivity contribution in [3.8, 4) is 0 Å². The highest BCUT2D eigenvalue weighted by molar-refractivity contribution is 6.02. The van der Waals surface area contributed by atoms with Crippen LogP contribution in [0.2, 0.25) is 0 Å². The maximum atomic E-state index is 11.9. The normalized spacial score (nSPS) is 15.5. The van der Waals surface area contributed by atoms with Crippen LogP contribution < -0.4 is 5.32 Å². The molecular weight excluding hydrogens is 212 g/mol. The SMILES string of the molecule is O=C(Nc1cccc2cnccc12)C1CCC1. The second-order valence-corrected chi connectivity index (χ2v) is 4.52. The van der Waals surface area contributed by atoms with Crippen LogP contribution in [0.25, 0.3) is 10.8 Å². The number of hydrogen-bond acceptors (Lipinski definition) is 2. The van der Waals surface area contributed by atoms with E-state index >= 15 is 0 Å². The number of rotatable bonds is 2. The van der Waals surface area contributed by atoms with Crippen LogP contribution >= 0.6 is 0 Å². The van der Waals surface area contributed by atoms with Crippen molar-refractivity contribution in [1.82, 2.24) is 4.98 Å². The first-order valence-corrected chi connectivity index (χ1v) is 5.98. The summed E-state index contributed by atoms with van der Waals surface area (Å²) in [5, 5.41) is 5.13. The minimum Gasteiger partial charge on any atom is -0.325 e. The molecule has 1 fully saturated rings. The fourth-order valence-electron chi connectivity index (χ4n) is 2.14. The third-order valence-electron chi connectivity index (χ3n) is 3.41. The summed E-state index contributed by atoms with van der Waals surface area (Å²) in [7, 11) is 0. The van der Waals surface area contributed by atoms with Gasteiger partial charge in [0.15, 0.2) is 0 Å². The van der Waals surface area contributed by atoms with Crippen molar-refractivity contribution >= 4 is 22.4 Å². The van der Waals surface area contributed by atoms with Crippen molar-refractivity contribution in [3.05, 3.63) is 36.7 Å². The zero-order valence-electron chi connectivity index (χ0n) is 9.52. The lowest BCUT2D eigenvalue weighted by Gasteiger charge is -2.24. The zero-order valence-corrected chi connectivity index (χ0v) is 9.52. The predicted molar refractivity (Wildman–Crippen MR) is 67.7 cm³/mol. The minimum absolute atomic E-state index is 0.153. The number of nitrogens with zero attached hydrogens (tertiary/aromatic N) is 1. The van der Waals surface area contributed by atoms with E-state index in [1.165, 1.54) is 6.42 Å². The monoisotopic (exact) mass is 226 g/mol. The summed E-state index contributed by atoms with van der Waals surface area (Å²) >= 11 is 0. The number of amides is 1. The Kier molecular flexibility index (Phi) is 2.52. The van der Waals surface area contributed by atoms with Crippen molar-refractivity contribution in [2.75, 3.05) is 5.32 Å². The van der Waals surface area contributed by atoms with E-state index in [0.717, 1.165) is 29.3 Å². The largest absolute Gasteiger partial charge is 0.325 e. The first kappa shape index (κ1) is 10.3. The smallest absolute Gasteiger partial charge is 0.227 e. The number of fused-ring (bicyclic) bond motifs is 1. The van der Waals surface area contributed by atoms with Crippen LogP contribution in [0.1, 0.15) is 19.3 Å². The number of nitrogens with one attached hydrogen (secondary N) is 1. The van der Waals surface area contributed by atoms with Gasteiger partial charge in [-0.15, -0.1) is 0 Å². The summed E-state index contributed by atoms with van der Waals surface area (Å²) in [4.78, 5) is 16.0. The van der Waals surface area contributed by atoms with Crippen molar-refractivity contribution in [1.29, 1.82) is 0 Å². The lowest BCUT2D eigenvalue weighted by Crippen LogP contribution is -2.28. The third kappa shape index (κ3) is 1.88. The Hall–Kier alpha value is -1.90. The maximum Gasteiger partial charge on any atom is 0.227 e. The fraction of sp³-hybridized carbons (Fsp3) is 0.286. The molecule has 3 nitrogen and oxygen atoms in total. The number of anilines is 1. The standard InChI is InChI=1S/C14H14N2O/c17-14(10-3-1-4-10)16-13-6-2-5-11-9-15-8-7-12(11)13/h2,5-10H,1,3-4H2,(H,16,17). The van der Waals surface area contributed by atoms with Crippen LogP contribution in [0.5, 0.6) is 0 Å². The van der Waals surface area contributed by atoms with Gasteiger partial charge in [-0.2, -0.15) is 0 Å². The number of pyridine rings is 1. The molecule has 3 rings (SSSR count). The van der Waals surface area contributed by atoms with E-state index in [1.54, 1.807) is 6.20 Å². The second-order valence-electron chi connectivity index (χ2n) is 4.52. The molecule has 1 amide bonds. The minimum atomic E-state index is 0.153. The van der Waals surface area contributed by atoms with Gasteiger partial charge in [-0.1, -0.05) is 18.6 Å². The Morgan fingerprint density at radius 1 is 1.29 bits per heavy atom. The number of carbonyl (C=O) groups excluding carboxylic acids is 1. The molecule has 3 heteroatoms. The van der Waals surface area contributed by atoms with Gasteiger partial charge in [-0.05, 0) is 25.0 Å². The Balaban J connectivity index is 1.91. The van der Waals surface area contributed by atoms with Gasteiger partial charge in [0.2, 0.25) is 5.91 Å². The third-order valence-corrected chi connectivity index (χ3v) is 3.41. The van der Waals surface area contributed by atoms with Gasteiger partial charge in [-0.3, -0.25) is 9.78 Å². The van der Waals surface area contributed by atoms with Crippen molar-refractivity contribution in [3.63, 3.8) is 0 Å². The molecule has 17 heavy (non-hydrogen) atoms. The van der Waals surface area contributed by atoms with Crippen LogP contribution in [0.4, 0.5) is 5.69 Å². The topological polar surface area (TPSA) is 42.0 Å². The van der Waals surface area contributed by atoms with Crippen LogP contribution in [0.3, 0.4) is 0 Å². The molecule has 0 radical (unpaired) electrons. The van der Waals surface area contributed by atoms with Gasteiger partial charge in [0.05, 0.1) is 0 Å². The van der Waals surface area contributed by atoms with Crippen LogP contribution in [0, 0.1) is 5.92 Å². The summed E-state index contributed by atoms with van der Waals surface area (Å²) in [5.41, 5.74) is 0.891. The summed E-state index contributed by atoms with van der Waals surface area (Å²) in [6.45, 7) is 0. The summed E-state index contributed by atoms with van der Waals surface area (Å²) in [5.74, 6) is 0.368. The average molecular weight is 226 g/mol. The Morgan fingerprint density at radius 2 is 2.18 bits per heavy atom. The molecule has 0 spiro atoms. The second kappa shape index (κ2) is 4.17. The lowest BCUT2D eigenvalue weighted by molar-refractivity contribution is -0.122. The highest BCUT2D eigenvalue weighted by atomic mass is 16.1. The number of hydrogen-bond donors (Lipinski definition) is 1. The van der Waals surface area contributed by atoms with Crippen molar-refractivity contribution < 1.29 is 4.79 Å². The molecule has 1 heterocycles. The number of aromatic nitrogens is 1. The summed E-state index contributed by atoms with van der Waals surface area (Å²) in [6, 6.07) is 7.83. The molecule has 1 aliphatic carbocycles. The van der Waals surface area contributed by atoms with E-state index < -0.39 is 0 Å². The maximum absolute atomic E-state index is 11.9. The quantitative estimate of drug-likeness (QED) is 0.855. The predicted octanol–water partition coefficient (Wildman–Crippen LogP) is 2.97. The van der Waals surface area contributed by atoms with Crippen LogP contribution in [-0.2, 0) is 4.79 Å². The number of carbonyl (C=O) groups is 1. The highest BCUT2D eigenvalue weighted by Gasteiger charge is 2.25. The van der Waals surface area contributed by atoms with E-state index in [-0.39, 0.29) is 11.8 Å². The molecule has 0 saturated heterocycles. The molecule has 0 aliphatic heterocycles. The average Bonchev–Trinajstić information content (AvgIpc) is 2.27. The van der Waals surface area contributed by atoms with E-state index in [2.05, 4.69) is 10.3 Å². The molecule has 1 aromatic carbocycles. The van der Waals surface area contributed by atoms with Crippen LogP contribution in [-0.4, -0.2) is 10.9 Å². The highest BCUT2D eigenvalue weighted by Crippen LogP contribution is 2.29. The first-order chi connectivity index (χ1) is 8.34. The molecule has 1 aromatic heterocycles. The molecule has 1 aliphatic rings. The van der Waals surface area contributed by atoms with Crippen LogP contribution in [0.15, 0.2) is 36.7 Å². The van der Waals surface area contributed by atoms with Gasteiger partial charge < -0.3 is 5.32 Å². The van der Waals surface area contributed by atoms with Gasteiger partial charge in [0.1, 0.15) is 0 Å². The number of benzene rings is 1. The molecule has 86 valence electrons. The Morgan fingerprint density at radius 3 is 2.94 bits per heavy atom. The van der Waals surface area contributed by atoms with E-state index in [4.69, 9.17) is 0 Å². The Labute approximate surface area is 99.9 Å². The fourth-order valence-corrected chi connectivity index (χ4v) is 2.14. The van der Waals surface area contributed by atoms with E-state index in [0.29, 0.717) is 0 Å². The summed E-state index contributed by atoms with van der Waals surface area (Å²) < 4.78 is 0. The Bertz CT molecular complexity index is 556. The first-order valence-electron chi connectivity index (χ1n) is 5.98. The van der Waals surface area contributed by atoms with Gasteiger partial charge in [0.25, 0.3) is 0 Å². The van der Waals surface area contributed by atoms with Gasteiger partial charge in [0, 0.05) is 34.8 Å². The van der Waals surface area contributed by atoms with Crippen molar-refractivity contribution in [2.45, 2.75) is 19.3 Å². The van der Waals surface area contributed by atoms with Gasteiger partial charge >= 0.3 is 0 Å². The molecule has 2 aromatic rings. The zero-order chi connectivity index (χ0) is 11.7. The van der Waals surface area contributed by atoms with E-state index in [1.807, 2.05) is 30.5 Å². The summed E-state index contributed by atoms with van der Waals surface area (Å²) in [6.07, 6.45) is 6.80.